The van der Waals surface area contributed by atoms with E-state index in [0.717, 1.165) is 0 Å². The van der Waals surface area contributed by atoms with Crippen molar-refractivity contribution in [3.8, 4) is 5.75 Å². The first-order chi connectivity index (χ1) is 5.33. The largest absolute Gasteiger partial charge is 0.460 e. The number of benzene rings is 1. The first-order valence-corrected chi connectivity index (χ1v) is 3.48. The minimum absolute atomic E-state index is 0.134. The molecule has 0 saturated carbocycles. The number of rotatable bonds is 3. The molecule has 0 aliphatic heterocycles. The number of para-hydroxylation sites is 1. The molecule has 1 radical (unpaired) electrons. The van der Waals surface area contributed by atoms with E-state index in [4.69, 9.17) is 4.74 Å². The molecule has 0 N–H and O–H groups in total. The van der Waals surface area contributed by atoms with Crippen LogP contribution >= 0.6 is 0 Å². The summed E-state index contributed by atoms with van der Waals surface area (Å²) < 4.78 is 17.4. The molecule has 1 aromatic rings. The fraction of sp³-hybridized carbons (Fsp3) is 0.222. The highest BCUT2D eigenvalue weighted by Gasteiger charge is 2.02. The average molecular weight is 153 g/mol. The van der Waals surface area contributed by atoms with Crippen LogP contribution in [-0.2, 0) is 0 Å². The van der Waals surface area contributed by atoms with Gasteiger partial charge in [-0.3, -0.25) is 0 Å². The zero-order valence-electron chi connectivity index (χ0n) is 6.16. The smallest absolute Gasteiger partial charge is 0.238 e. The standard InChI is InChI=1S/C9H10FO/c1-2-9(10)11-8-6-4-3-5-7-8/h3-7,9H,1-2H2. The van der Waals surface area contributed by atoms with Gasteiger partial charge in [-0.1, -0.05) is 18.2 Å². The SMILES string of the molecule is [CH2]CC(F)Oc1ccccc1. The topological polar surface area (TPSA) is 9.23 Å². The summed E-state index contributed by atoms with van der Waals surface area (Å²) in [4.78, 5) is 0. The first-order valence-electron chi connectivity index (χ1n) is 3.48. The van der Waals surface area contributed by atoms with Crippen LogP contribution in [0.1, 0.15) is 6.42 Å². The Hall–Kier alpha value is -1.05. The Balaban J connectivity index is 2.51. The summed E-state index contributed by atoms with van der Waals surface area (Å²) in [5, 5.41) is 0. The van der Waals surface area contributed by atoms with Gasteiger partial charge in [0, 0.05) is 6.42 Å². The van der Waals surface area contributed by atoms with Crippen LogP contribution < -0.4 is 4.74 Å². The molecule has 0 fully saturated rings. The fourth-order valence-electron chi connectivity index (χ4n) is 0.706. The lowest BCUT2D eigenvalue weighted by Crippen LogP contribution is -2.07. The summed E-state index contributed by atoms with van der Waals surface area (Å²) in [5.74, 6) is 0.545. The van der Waals surface area contributed by atoms with E-state index in [1.165, 1.54) is 0 Å². The maximum absolute atomic E-state index is 12.5. The second-order valence-corrected chi connectivity index (χ2v) is 2.13. The van der Waals surface area contributed by atoms with Gasteiger partial charge >= 0.3 is 0 Å². The van der Waals surface area contributed by atoms with Crippen LogP contribution in [0.25, 0.3) is 0 Å². The molecule has 1 atom stereocenters. The van der Waals surface area contributed by atoms with E-state index in [0.29, 0.717) is 5.75 Å². The second kappa shape index (κ2) is 3.96. The predicted octanol–water partition coefficient (Wildman–Crippen LogP) is 2.59. The van der Waals surface area contributed by atoms with Gasteiger partial charge in [-0.25, -0.2) is 4.39 Å². The number of hydrogen-bond donors (Lipinski definition) is 0. The van der Waals surface area contributed by atoms with Crippen molar-refractivity contribution >= 4 is 0 Å². The van der Waals surface area contributed by atoms with Crippen molar-refractivity contribution < 1.29 is 9.13 Å². The van der Waals surface area contributed by atoms with Crippen molar-refractivity contribution in [2.24, 2.45) is 0 Å². The third-order valence-electron chi connectivity index (χ3n) is 1.23. The lowest BCUT2D eigenvalue weighted by Gasteiger charge is -2.07. The highest BCUT2D eigenvalue weighted by Crippen LogP contribution is 2.12. The van der Waals surface area contributed by atoms with Crippen molar-refractivity contribution in [1.82, 2.24) is 0 Å². The van der Waals surface area contributed by atoms with Gasteiger partial charge in [0.05, 0.1) is 0 Å². The lowest BCUT2D eigenvalue weighted by atomic mass is 10.3. The Morgan fingerprint density at radius 3 is 2.55 bits per heavy atom. The third-order valence-corrected chi connectivity index (χ3v) is 1.23. The van der Waals surface area contributed by atoms with Crippen molar-refractivity contribution in [3.63, 3.8) is 0 Å². The Bertz CT molecular complexity index is 198. The minimum Gasteiger partial charge on any atom is -0.460 e. The summed E-state index contributed by atoms with van der Waals surface area (Å²) in [7, 11) is 0. The molecule has 0 saturated heterocycles. The summed E-state index contributed by atoms with van der Waals surface area (Å²) in [6, 6.07) is 8.87. The first kappa shape index (κ1) is 8.05. The van der Waals surface area contributed by atoms with Gasteiger partial charge in [0.2, 0.25) is 6.36 Å². The molecule has 59 valence electrons. The molecule has 0 aliphatic carbocycles. The normalized spacial score (nSPS) is 12.5. The van der Waals surface area contributed by atoms with Gasteiger partial charge in [0.25, 0.3) is 0 Å². The van der Waals surface area contributed by atoms with Gasteiger partial charge in [0.1, 0.15) is 5.75 Å². The van der Waals surface area contributed by atoms with Crippen LogP contribution in [0, 0.1) is 6.92 Å². The lowest BCUT2D eigenvalue weighted by molar-refractivity contribution is 0.0700. The molecule has 0 spiro atoms. The molecule has 11 heavy (non-hydrogen) atoms. The molecular formula is C9H10FO. The maximum atomic E-state index is 12.5. The van der Waals surface area contributed by atoms with E-state index in [9.17, 15) is 4.39 Å². The van der Waals surface area contributed by atoms with E-state index >= 15 is 0 Å². The number of halogens is 1. The number of ether oxygens (including phenoxy) is 1. The van der Waals surface area contributed by atoms with Gasteiger partial charge in [-0.05, 0) is 19.1 Å². The van der Waals surface area contributed by atoms with Gasteiger partial charge in [0.15, 0.2) is 0 Å². The quantitative estimate of drug-likeness (QED) is 0.648. The van der Waals surface area contributed by atoms with Crippen LogP contribution in [0.4, 0.5) is 4.39 Å². The Morgan fingerprint density at radius 1 is 1.36 bits per heavy atom. The fourth-order valence-corrected chi connectivity index (χ4v) is 0.706. The third kappa shape index (κ3) is 2.58. The summed E-state index contributed by atoms with van der Waals surface area (Å²) in [5.41, 5.74) is 0. The molecule has 0 heterocycles. The van der Waals surface area contributed by atoms with Crippen molar-refractivity contribution in [1.29, 1.82) is 0 Å². The number of hydrogen-bond acceptors (Lipinski definition) is 1. The zero-order chi connectivity index (χ0) is 8.10. The van der Waals surface area contributed by atoms with Gasteiger partial charge < -0.3 is 4.74 Å². The second-order valence-electron chi connectivity index (χ2n) is 2.13. The Morgan fingerprint density at radius 2 is 2.00 bits per heavy atom. The monoisotopic (exact) mass is 153 g/mol. The van der Waals surface area contributed by atoms with Gasteiger partial charge in [-0.2, -0.15) is 0 Å². The van der Waals surface area contributed by atoms with Gasteiger partial charge in [-0.15, -0.1) is 0 Å². The maximum Gasteiger partial charge on any atom is 0.238 e. The van der Waals surface area contributed by atoms with E-state index in [2.05, 4.69) is 6.92 Å². The van der Waals surface area contributed by atoms with E-state index < -0.39 is 6.36 Å². The molecular weight excluding hydrogens is 143 g/mol. The highest BCUT2D eigenvalue weighted by atomic mass is 19.1. The van der Waals surface area contributed by atoms with Crippen molar-refractivity contribution in [2.75, 3.05) is 0 Å². The van der Waals surface area contributed by atoms with Crippen LogP contribution in [0.3, 0.4) is 0 Å². The molecule has 0 bridgehead atoms. The summed E-state index contributed by atoms with van der Waals surface area (Å²) in [6.45, 7) is 3.38. The molecule has 1 nitrogen and oxygen atoms in total. The number of alkyl halides is 1. The van der Waals surface area contributed by atoms with E-state index in [-0.39, 0.29) is 6.42 Å². The highest BCUT2D eigenvalue weighted by molar-refractivity contribution is 5.20. The Kier molecular flexibility index (Phi) is 2.90. The molecule has 1 aromatic carbocycles. The molecule has 0 aliphatic rings. The van der Waals surface area contributed by atoms with E-state index in [1.807, 2.05) is 6.07 Å². The molecule has 0 aromatic heterocycles. The zero-order valence-corrected chi connectivity index (χ0v) is 6.16. The molecule has 0 amide bonds. The van der Waals surface area contributed by atoms with Crippen molar-refractivity contribution in [3.05, 3.63) is 37.3 Å². The Labute approximate surface area is 65.8 Å². The summed E-state index contributed by atoms with van der Waals surface area (Å²) in [6.07, 6.45) is -1.16. The van der Waals surface area contributed by atoms with Crippen LogP contribution in [0.2, 0.25) is 0 Å². The predicted molar refractivity (Wildman–Crippen MR) is 41.9 cm³/mol. The summed E-state index contributed by atoms with van der Waals surface area (Å²) >= 11 is 0. The average Bonchev–Trinajstić information content (AvgIpc) is 2.06. The minimum atomic E-state index is -1.29. The molecule has 2 heteroatoms. The molecule has 1 rings (SSSR count). The van der Waals surface area contributed by atoms with Crippen LogP contribution in [0.15, 0.2) is 30.3 Å². The van der Waals surface area contributed by atoms with Crippen LogP contribution in [-0.4, -0.2) is 6.36 Å². The van der Waals surface area contributed by atoms with Crippen LogP contribution in [0.5, 0.6) is 5.75 Å². The molecule has 1 unspecified atom stereocenters. The van der Waals surface area contributed by atoms with E-state index in [1.54, 1.807) is 24.3 Å². The van der Waals surface area contributed by atoms with Crippen molar-refractivity contribution in [2.45, 2.75) is 12.8 Å².